The molecule has 0 heterocycles. The molecule has 0 unspecified atom stereocenters. The highest BCUT2D eigenvalue weighted by Crippen LogP contribution is 1.61. The van der Waals surface area contributed by atoms with Crippen molar-refractivity contribution in [1.82, 2.24) is 0 Å². The zero-order valence-corrected chi connectivity index (χ0v) is 5.57. The Hall–Kier alpha value is -1.28. The number of aliphatic hydroxyl groups is 1. The quantitative estimate of drug-likeness (QED) is 0.423. The number of aliphatic hydroxyl groups excluding tert-OH is 1. The summed E-state index contributed by atoms with van der Waals surface area (Å²) in [5.74, 6) is 0. The molecule has 0 amide bonds. The molecule has 0 aromatic heterocycles. The Morgan fingerprint density at radius 3 is 1.80 bits per heavy atom. The van der Waals surface area contributed by atoms with Gasteiger partial charge in [-0.05, 0) is 6.92 Å². The van der Waals surface area contributed by atoms with Gasteiger partial charge in [-0.15, -0.1) is 0 Å². The summed E-state index contributed by atoms with van der Waals surface area (Å²) in [7, 11) is 0. The topological polar surface area (TPSA) is 79.1 Å². The van der Waals surface area contributed by atoms with Gasteiger partial charge in [0.2, 0.25) is 12.2 Å². The van der Waals surface area contributed by atoms with Crippen LogP contribution in [-0.2, 0) is 9.59 Å². The van der Waals surface area contributed by atoms with Crippen LogP contribution >= 0.6 is 0 Å². The summed E-state index contributed by atoms with van der Waals surface area (Å²) < 4.78 is 0. The highest BCUT2D eigenvalue weighted by atomic mass is 16.2. The van der Waals surface area contributed by atoms with Gasteiger partial charge in [0.1, 0.15) is 0 Å². The highest BCUT2D eigenvalue weighted by Gasteiger charge is 1.63. The highest BCUT2D eigenvalue weighted by molar-refractivity contribution is 5.35. The lowest BCUT2D eigenvalue weighted by Gasteiger charge is -1.63. The normalized spacial score (nSPS) is 5.80. The number of hydrogen-bond donors (Lipinski definition) is 1. The van der Waals surface area contributed by atoms with Crippen molar-refractivity contribution in [1.29, 1.82) is 0 Å². The van der Waals surface area contributed by atoms with Crippen molar-refractivity contribution in [2.75, 3.05) is 13.3 Å². The van der Waals surface area contributed by atoms with Crippen LogP contribution in [0.5, 0.6) is 0 Å². The van der Waals surface area contributed by atoms with Gasteiger partial charge >= 0.3 is 0 Å². The van der Waals surface area contributed by atoms with E-state index < -0.39 is 0 Å². The predicted octanol–water partition coefficient (Wildman–Crippen LogP) is -0.386. The average molecular weight is 144 g/mol. The molecule has 0 aliphatic heterocycles. The van der Waals surface area contributed by atoms with Crippen LogP contribution in [0.25, 0.3) is 0 Å². The van der Waals surface area contributed by atoms with Gasteiger partial charge in [-0.1, -0.05) is 0 Å². The molecule has 10 heavy (non-hydrogen) atoms. The molecule has 0 aromatic carbocycles. The van der Waals surface area contributed by atoms with E-state index in [1.54, 1.807) is 6.92 Å². The van der Waals surface area contributed by atoms with Gasteiger partial charge in [-0.3, -0.25) is 0 Å². The maximum atomic E-state index is 9.20. The minimum absolute atomic E-state index is 0.160. The van der Waals surface area contributed by atoms with Crippen molar-refractivity contribution in [3.05, 3.63) is 0 Å². The lowest BCUT2D eigenvalue weighted by molar-refractivity contribution is 0.318. The van der Waals surface area contributed by atoms with E-state index in [0.29, 0.717) is 0 Å². The van der Waals surface area contributed by atoms with Crippen LogP contribution in [0.15, 0.2) is 9.98 Å². The summed E-state index contributed by atoms with van der Waals surface area (Å²) >= 11 is 0. The van der Waals surface area contributed by atoms with Crippen LogP contribution in [-0.4, -0.2) is 30.5 Å². The number of carbonyl (C=O) groups excluding carboxylic acids is 2. The Labute approximate surface area is 58.1 Å². The fraction of sp³-hybridized carbons (Fsp3) is 0.600. The van der Waals surface area contributed by atoms with Crippen molar-refractivity contribution in [2.45, 2.75) is 6.92 Å². The van der Waals surface area contributed by atoms with E-state index in [-0.39, 0.29) is 13.3 Å². The Balaban J connectivity index is 0. The Bertz CT molecular complexity index is 129. The summed E-state index contributed by atoms with van der Waals surface area (Å²) in [5, 5.41) is 7.57. The third-order valence-electron chi connectivity index (χ3n) is 0.271. The molecule has 0 bridgehead atoms. The first kappa shape index (κ1) is 11.5. The van der Waals surface area contributed by atoms with Gasteiger partial charge in [0.25, 0.3) is 0 Å². The Kier molecular flexibility index (Phi) is 18.0. The van der Waals surface area contributed by atoms with E-state index in [1.165, 1.54) is 12.2 Å². The van der Waals surface area contributed by atoms with Gasteiger partial charge in [-0.25, -0.2) is 9.59 Å². The molecule has 0 aliphatic rings. The molecular formula is C5H8N2O3. The van der Waals surface area contributed by atoms with Gasteiger partial charge < -0.3 is 5.11 Å². The van der Waals surface area contributed by atoms with Gasteiger partial charge in [0, 0.05) is 6.61 Å². The number of rotatable bonds is 2. The van der Waals surface area contributed by atoms with Gasteiger partial charge in [0.15, 0.2) is 6.67 Å². The molecule has 5 nitrogen and oxygen atoms in total. The van der Waals surface area contributed by atoms with E-state index in [4.69, 9.17) is 5.11 Å². The monoisotopic (exact) mass is 144 g/mol. The van der Waals surface area contributed by atoms with Crippen molar-refractivity contribution in [2.24, 2.45) is 9.98 Å². The predicted molar refractivity (Wildman–Crippen MR) is 33.9 cm³/mol. The second-order valence-corrected chi connectivity index (χ2v) is 0.956. The summed E-state index contributed by atoms with van der Waals surface area (Å²) in [6.07, 6.45) is 2.41. The molecule has 56 valence electrons. The first-order valence-corrected chi connectivity index (χ1v) is 2.51. The van der Waals surface area contributed by atoms with Crippen molar-refractivity contribution < 1.29 is 14.7 Å². The van der Waals surface area contributed by atoms with Gasteiger partial charge in [-0.2, -0.15) is 9.98 Å². The van der Waals surface area contributed by atoms with E-state index in [0.717, 1.165) is 0 Å². The van der Waals surface area contributed by atoms with Crippen LogP contribution < -0.4 is 0 Å². The SMILES string of the molecule is CCO.O=C=NCN=C=O. The molecule has 0 rings (SSSR count). The summed E-state index contributed by atoms with van der Waals surface area (Å²) in [4.78, 5) is 24.2. The number of nitrogens with zero attached hydrogens (tertiary/aromatic N) is 2. The van der Waals surface area contributed by atoms with Crippen LogP contribution in [0, 0.1) is 0 Å². The first-order chi connectivity index (χ1) is 4.83. The maximum absolute atomic E-state index is 9.20. The van der Waals surface area contributed by atoms with Crippen LogP contribution in [0.1, 0.15) is 6.92 Å². The molecule has 0 aliphatic carbocycles. The zero-order valence-electron chi connectivity index (χ0n) is 5.57. The molecule has 1 N–H and O–H groups in total. The fourth-order valence-corrected chi connectivity index (χ4v) is 0.0931. The minimum atomic E-state index is -0.160. The van der Waals surface area contributed by atoms with E-state index in [2.05, 4.69) is 9.98 Å². The maximum Gasteiger partial charge on any atom is 0.236 e. The molecular weight excluding hydrogens is 136 g/mol. The number of hydrogen-bond acceptors (Lipinski definition) is 5. The molecule has 0 saturated carbocycles. The summed E-state index contributed by atoms with van der Waals surface area (Å²) in [6.45, 7) is 1.77. The third-order valence-corrected chi connectivity index (χ3v) is 0.271. The molecule has 0 aromatic rings. The van der Waals surface area contributed by atoms with Crippen molar-refractivity contribution in [3.63, 3.8) is 0 Å². The summed E-state index contributed by atoms with van der Waals surface area (Å²) in [6, 6.07) is 0. The molecule has 0 saturated heterocycles. The van der Waals surface area contributed by atoms with E-state index >= 15 is 0 Å². The van der Waals surface area contributed by atoms with Crippen molar-refractivity contribution >= 4 is 12.2 Å². The van der Waals surface area contributed by atoms with Gasteiger partial charge in [0.05, 0.1) is 0 Å². The lowest BCUT2D eigenvalue weighted by Crippen LogP contribution is -1.66. The number of isocyanates is 2. The lowest BCUT2D eigenvalue weighted by atomic mass is 10.9. The van der Waals surface area contributed by atoms with Crippen LogP contribution in [0.2, 0.25) is 0 Å². The summed E-state index contributed by atoms with van der Waals surface area (Å²) in [5.41, 5.74) is 0. The zero-order chi connectivity index (χ0) is 8.24. The smallest absolute Gasteiger partial charge is 0.236 e. The molecule has 0 atom stereocenters. The Morgan fingerprint density at radius 1 is 1.30 bits per heavy atom. The molecule has 0 radical (unpaired) electrons. The molecule has 0 fully saturated rings. The molecule has 0 spiro atoms. The average Bonchev–Trinajstić information content (AvgIpc) is 1.91. The van der Waals surface area contributed by atoms with Crippen LogP contribution in [0.3, 0.4) is 0 Å². The minimum Gasteiger partial charge on any atom is -0.397 e. The molecule has 5 heteroatoms. The van der Waals surface area contributed by atoms with E-state index in [1.807, 2.05) is 0 Å². The first-order valence-electron chi connectivity index (χ1n) is 2.51. The van der Waals surface area contributed by atoms with Crippen molar-refractivity contribution in [3.8, 4) is 0 Å². The fourth-order valence-electron chi connectivity index (χ4n) is 0.0931. The standard InChI is InChI=1S/C3H2N2O2.C2H6O/c6-2-4-1-5-3-7;1-2-3/h1H2;3H,2H2,1H3. The largest absolute Gasteiger partial charge is 0.397 e. The number of aliphatic imine (C=N–C) groups is 2. The van der Waals surface area contributed by atoms with Crippen LogP contribution in [0.4, 0.5) is 0 Å². The Morgan fingerprint density at radius 2 is 1.60 bits per heavy atom. The third kappa shape index (κ3) is 29.7. The van der Waals surface area contributed by atoms with E-state index in [9.17, 15) is 9.59 Å². The second kappa shape index (κ2) is 15.6. The second-order valence-electron chi connectivity index (χ2n) is 0.956.